The molecule has 0 bridgehead atoms. The van der Waals surface area contributed by atoms with Crippen LogP contribution in [0.3, 0.4) is 0 Å². The van der Waals surface area contributed by atoms with E-state index in [0.29, 0.717) is 30.2 Å². The van der Waals surface area contributed by atoms with Crippen LogP contribution in [0.4, 0.5) is 0 Å². The summed E-state index contributed by atoms with van der Waals surface area (Å²) >= 11 is 6.83. The second kappa shape index (κ2) is 11.3. The highest BCUT2D eigenvalue weighted by Crippen LogP contribution is 2.50. The number of unbranched alkanes of at least 4 members (excludes halogenated alkanes) is 4. The average Bonchev–Trinajstić information content (AvgIpc) is 3.73. The van der Waals surface area contributed by atoms with Gasteiger partial charge in [0.2, 0.25) is 0 Å². The quantitative estimate of drug-likeness (QED) is 0.153. The Kier molecular flexibility index (Phi) is 7.82. The average molecular weight is 595 g/mol. The number of fused-ring (bicyclic) bond motifs is 3. The molecule has 0 spiro atoms. The Balaban J connectivity index is 1.50. The van der Waals surface area contributed by atoms with Crippen LogP contribution in [0.5, 0.6) is 0 Å². The molecule has 204 valence electrons. The molecule has 1 atom stereocenters. The van der Waals surface area contributed by atoms with Gasteiger partial charge in [0.15, 0.2) is 0 Å². The van der Waals surface area contributed by atoms with E-state index >= 15 is 0 Å². The van der Waals surface area contributed by atoms with Gasteiger partial charge in [-0.1, -0.05) is 52.9 Å². The molecule has 0 saturated heterocycles. The summed E-state index contributed by atoms with van der Waals surface area (Å²) in [6.07, 6.45) is 7.71. The fourth-order valence-electron chi connectivity index (χ4n) is 5.71. The van der Waals surface area contributed by atoms with Gasteiger partial charge in [0, 0.05) is 31.9 Å². The Bertz CT molecular complexity index is 1540. The Hall–Kier alpha value is -2.26. The molecule has 2 amide bonds. The smallest absolute Gasteiger partial charge is 0.261 e. The minimum absolute atomic E-state index is 0.00271. The van der Waals surface area contributed by atoms with Crippen molar-refractivity contribution in [3.05, 3.63) is 55.9 Å². The van der Waals surface area contributed by atoms with Gasteiger partial charge < -0.3 is 9.80 Å². The van der Waals surface area contributed by atoms with Gasteiger partial charge in [-0.25, -0.2) is 0 Å². The molecule has 4 aromatic heterocycles. The van der Waals surface area contributed by atoms with E-state index in [2.05, 4.69) is 55.8 Å². The predicted molar refractivity (Wildman–Crippen MR) is 170 cm³/mol. The zero-order chi connectivity index (χ0) is 27.1. The van der Waals surface area contributed by atoms with E-state index in [9.17, 15) is 9.59 Å². The number of nitrogens with zero attached hydrogens (tertiary/aromatic N) is 2. The van der Waals surface area contributed by atoms with Gasteiger partial charge in [0.1, 0.15) is 0 Å². The van der Waals surface area contributed by atoms with Gasteiger partial charge in [0.25, 0.3) is 11.8 Å². The first-order valence-electron chi connectivity index (χ1n) is 14.1. The van der Waals surface area contributed by atoms with Crippen molar-refractivity contribution in [1.29, 1.82) is 0 Å². The van der Waals surface area contributed by atoms with E-state index in [1.165, 1.54) is 18.8 Å². The van der Waals surface area contributed by atoms with Crippen molar-refractivity contribution < 1.29 is 9.59 Å². The zero-order valence-electron chi connectivity index (χ0n) is 22.7. The van der Waals surface area contributed by atoms with Crippen LogP contribution in [0.1, 0.15) is 75.5 Å². The van der Waals surface area contributed by atoms with E-state index in [4.69, 9.17) is 0 Å². The minimum atomic E-state index is -0.00346. The van der Waals surface area contributed by atoms with E-state index in [1.54, 1.807) is 45.3 Å². The Morgan fingerprint density at radius 3 is 1.85 bits per heavy atom. The topological polar surface area (TPSA) is 40.6 Å². The Morgan fingerprint density at radius 1 is 0.718 bits per heavy atom. The molecule has 2 aliphatic heterocycles. The Morgan fingerprint density at radius 2 is 1.28 bits per heavy atom. The van der Waals surface area contributed by atoms with Crippen LogP contribution >= 0.6 is 45.3 Å². The zero-order valence-corrected chi connectivity index (χ0v) is 26.0. The number of rotatable bonds is 12. The maximum atomic E-state index is 14.4. The van der Waals surface area contributed by atoms with Crippen molar-refractivity contribution in [2.75, 3.05) is 13.1 Å². The van der Waals surface area contributed by atoms with E-state index < -0.39 is 0 Å². The van der Waals surface area contributed by atoms with E-state index in [-0.39, 0.29) is 11.8 Å². The van der Waals surface area contributed by atoms with Crippen LogP contribution in [0.25, 0.3) is 30.2 Å². The molecule has 39 heavy (non-hydrogen) atoms. The summed E-state index contributed by atoms with van der Waals surface area (Å²) in [5, 5.41) is 4.22. The molecule has 8 heteroatoms. The van der Waals surface area contributed by atoms with Crippen molar-refractivity contribution in [3.63, 3.8) is 0 Å². The lowest BCUT2D eigenvalue weighted by atomic mass is 10.0. The molecule has 6 rings (SSSR count). The van der Waals surface area contributed by atoms with Crippen LogP contribution in [-0.2, 0) is 9.59 Å². The third-order valence-electron chi connectivity index (χ3n) is 7.71. The van der Waals surface area contributed by atoms with E-state index in [0.717, 1.165) is 66.1 Å². The third kappa shape index (κ3) is 4.83. The van der Waals surface area contributed by atoms with Crippen LogP contribution < -0.4 is 0 Å². The summed E-state index contributed by atoms with van der Waals surface area (Å²) in [7, 11) is 0. The number of hydrogen-bond acceptors (Lipinski definition) is 6. The first-order valence-corrected chi connectivity index (χ1v) is 17.5. The summed E-state index contributed by atoms with van der Waals surface area (Å²) in [6.45, 7) is 7.94. The third-order valence-corrected chi connectivity index (χ3v) is 11.9. The lowest BCUT2D eigenvalue weighted by Gasteiger charge is -2.26. The first-order chi connectivity index (χ1) is 19.0. The Labute approximate surface area is 246 Å². The molecule has 6 heterocycles. The molecule has 2 aliphatic rings. The molecule has 0 N–H and O–H groups in total. The molecular weight excluding hydrogens is 561 g/mol. The molecule has 1 unspecified atom stereocenters. The number of amides is 2. The summed E-state index contributed by atoms with van der Waals surface area (Å²) in [4.78, 5) is 34.7. The lowest BCUT2D eigenvalue weighted by molar-refractivity contribution is -0.124. The van der Waals surface area contributed by atoms with Crippen LogP contribution in [-0.4, -0.2) is 34.7 Å². The minimum Gasteiger partial charge on any atom is -0.306 e. The summed E-state index contributed by atoms with van der Waals surface area (Å²) in [6, 6.07) is 8.65. The van der Waals surface area contributed by atoms with E-state index in [1.807, 2.05) is 9.80 Å². The molecule has 0 radical (unpaired) electrons. The highest BCUT2D eigenvalue weighted by molar-refractivity contribution is 7.28. The van der Waals surface area contributed by atoms with Crippen molar-refractivity contribution in [1.82, 2.24) is 9.80 Å². The monoisotopic (exact) mass is 594 g/mol. The number of hydrogen-bond donors (Lipinski definition) is 0. The number of carbonyl (C=O) groups excluding carboxylic acids is 2. The van der Waals surface area contributed by atoms with Crippen LogP contribution in [0.2, 0.25) is 0 Å². The van der Waals surface area contributed by atoms with Gasteiger partial charge in [-0.15, -0.1) is 45.3 Å². The van der Waals surface area contributed by atoms with Crippen molar-refractivity contribution in [2.24, 2.45) is 5.92 Å². The summed E-state index contributed by atoms with van der Waals surface area (Å²) < 4.78 is 4.86. The fraction of sp³-hybridized carbons (Fsp3) is 0.419. The highest BCUT2D eigenvalue weighted by Gasteiger charge is 2.49. The molecule has 0 fully saturated rings. The van der Waals surface area contributed by atoms with Gasteiger partial charge in [-0.2, -0.15) is 0 Å². The number of carbonyl (C=O) groups is 2. The van der Waals surface area contributed by atoms with Crippen molar-refractivity contribution in [3.8, 4) is 0 Å². The van der Waals surface area contributed by atoms with Gasteiger partial charge in [-0.3, -0.25) is 9.59 Å². The second-order valence-corrected chi connectivity index (χ2v) is 14.7. The molecule has 0 saturated carbocycles. The van der Waals surface area contributed by atoms with Gasteiger partial charge >= 0.3 is 0 Å². The first kappa shape index (κ1) is 26.9. The van der Waals surface area contributed by atoms with Gasteiger partial charge in [-0.05, 0) is 53.8 Å². The van der Waals surface area contributed by atoms with Gasteiger partial charge in [0.05, 0.1) is 32.3 Å². The largest absolute Gasteiger partial charge is 0.306 e. The maximum Gasteiger partial charge on any atom is 0.261 e. The summed E-state index contributed by atoms with van der Waals surface area (Å²) in [5.74, 6) is 0.356. The summed E-state index contributed by atoms with van der Waals surface area (Å²) in [5.41, 5.74) is 2.92. The molecule has 0 aromatic carbocycles. The normalized spacial score (nSPS) is 16.7. The standard InChI is InChI=1S/C31H34N2O2S4/c1-4-6-8-9-13-32-28(24-16-22-20(38-24)11-14-36-22)26-27(30(32)34)29(25-17-23-21(39-25)12-15-37-23)33(31(26)35)18-19(3)10-7-5-2/h11-12,14-17,19H,4-10,13,18H2,1-3H3. The van der Waals surface area contributed by atoms with Crippen molar-refractivity contribution in [2.45, 2.75) is 65.7 Å². The number of thiophene rings is 4. The highest BCUT2D eigenvalue weighted by atomic mass is 32.1. The molecule has 0 aliphatic carbocycles. The van der Waals surface area contributed by atoms with Crippen molar-refractivity contribution >= 4 is 87.4 Å². The molecular formula is C31H34N2O2S4. The fourth-order valence-corrected chi connectivity index (χ4v) is 10.1. The second-order valence-electron chi connectivity index (χ2n) is 10.6. The predicted octanol–water partition coefficient (Wildman–Crippen LogP) is 9.45. The molecule has 4 nitrogen and oxygen atoms in total. The lowest BCUT2D eigenvalue weighted by Crippen LogP contribution is -2.32. The maximum absolute atomic E-state index is 14.4. The molecule has 4 aromatic rings. The SMILES string of the molecule is CCCCCCN1C(=O)C2=C(c3cc4sccc4s3)N(CC(C)CCCC)C(=O)C2=C1c1cc2sccc2s1. The van der Waals surface area contributed by atoms with Crippen LogP contribution in [0, 0.1) is 5.92 Å². The van der Waals surface area contributed by atoms with Crippen LogP contribution in [0.15, 0.2) is 46.2 Å².